The van der Waals surface area contributed by atoms with Crippen LogP contribution in [-0.2, 0) is 30.7 Å². The second-order valence-electron chi connectivity index (χ2n) is 7.69. The van der Waals surface area contributed by atoms with Crippen molar-refractivity contribution in [2.24, 2.45) is 5.92 Å². The van der Waals surface area contributed by atoms with Crippen LogP contribution in [0.1, 0.15) is 58.0 Å². The van der Waals surface area contributed by atoms with E-state index in [4.69, 9.17) is 0 Å². The third-order valence-electron chi connectivity index (χ3n) is 5.75. The Hall–Kier alpha value is -2.64. The molecule has 0 saturated heterocycles. The summed E-state index contributed by atoms with van der Waals surface area (Å²) in [6.07, 6.45) is 4.00. The Balaban J connectivity index is 1.46. The Labute approximate surface area is 157 Å². The molecule has 2 aromatic rings. The normalized spacial score (nSPS) is 16.4. The van der Waals surface area contributed by atoms with Crippen LogP contribution < -0.4 is 0 Å². The van der Waals surface area contributed by atoms with Crippen LogP contribution in [0.15, 0.2) is 0 Å². The van der Waals surface area contributed by atoms with Gasteiger partial charge < -0.3 is 10.0 Å². The van der Waals surface area contributed by atoms with Gasteiger partial charge in [-0.25, -0.2) is 4.79 Å². The third-order valence-corrected chi connectivity index (χ3v) is 5.75. The van der Waals surface area contributed by atoms with Gasteiger partial charge in [-0.15, -0.1) is 0 Å². The first-order valence-corrected chi connectivity index (χ1v) is 9.54. The SMILES string of the molecule is Cc1[nH]nc(CCC(=O)N2CCc3c(c(C(=O)O)nn3CC3CC3)C2)c1C. The van der Waals surface area contributed by atoms with Crippen LogP contribution in [0.25, 0.3) is 0 Å². The molecule has 0 bridgehead atoms. The number of H-pyrrole nitrogens is 1. The summed E-state index contributed by atoms with van der Waals surface area (Å²) < 4.78 is 1.87. The van der Waals surface area contributed by atoms with Gasteiger partial charge in [0, 0.05) is 55.8 Å². The van der Waals surface area contributed by atoms with Gasteiger partial charge in [0.15, 0.2) is 5.69 Å². The molecule has 2 aliphatic rings. The maximum absolute atomic E-state index is 12.7. The maximum Gasteiger partial charge on any atom is 0.356 e. The van der Waals surface area contributed by atoms with Gasteiger partial charge in [-0.3, -0.25) is 14.6 Å². The van der Waals surface area contributed by atoms with Crippen LogP contribution in [0, 0.1) is 19.8 Å². The smallest absolute Gasteiger partial charge is 0.356 e. The minimum Gasteiger partial charge on any atom is -0.476 e. The summed E-state index contributed by atoms with van der Waals surface area (Å²) in [5.41, 5.74) is 4.83. The lowest BCUT2D eigenvalue weighted by atomic mass is 10.0. The predicted molar refractivity (Wildman–Crippen MR) is 97.4 cm³/mol. The first kappa shape index (κ1) is 17.8. The number of aromatic nitrogens is 4. The number of carbonyl (C=O) groups excluding carboxylic acids is 1. The number of aromatic amines is 1. The number of amides is 1. The van der Waals surface area contributed by atoms with E-state index in [9.17, 15) is 14.7 Å². The number of hydrogen-bond acceptors (Lipinski definition) is 4. The summed E-state index contributed by atoms with van der Waals surface area (Å²) in [6, 6.07) is 0. The second-order valence-corrected chi connectivity index (χ2v) is 7.69. The first-order valence-electron chi connectivity index (χ1n) is 9.54. The molecular formula is C19H25N5O3. The van der Waals surface area contributed by atoms with Gasteiger partial charge >= 0.3 is 5.97 Å². The fourth-order valence-corrected chi connectivity index (χ4v) is 3.73. The molecule has 1 amide bonds. The number of fused-ring (bicyclic) bond motifs is 1. The van der Waals surface area contributed by atoms with Crippen molar-refractivity contribution in [3.63, 3.8) is 0 Å². The van der Waals surface area contributed by atoms with Gasteiger partial charge in [0.2, 0.25) is 5.91 Å². The Bertz CT molecular complexity index is 894. The predicted octanol–water partition coefficient (Wildman–Crippen LogP) is 1.85. The molecule has 0 radical (unpaired) electrons. The van der Waals surface area contributed by atoms with E-state index in [0.717, 1.165) is 29.2 Å². The van der Waals surface area contributed by atoms with Crippen LogP contribution >= 0.6 is 0 Å². The Morgan fingerprint density at radius 2 is 2.07 bits per heavy atom. The highest BCUT2D eigenvalue weighted by Crippen LogP contribution is 2.32. The number of nitrogens with one attached hydrogen (secondary N) is 1. The minimum absolute atomic E-state index is 0.0342. The van der Waals surface area contributed by atoms with Crippen molar-refractivity contribution in [2.75, 3.05) is 6.54 Å². The highest BCUT2D eigenvalue weighted by molar-refractivity contribution is 5.88. The first-order chi connectivity index (χ1) is 12.9. The number of carboxylic acid groups (broad SMARTS) is 1. The molecule has 1 aliphatic heterocycles. The highest BCUT2D eigenvalue weighted by atomic mass is 16.4. The van der Waals surface area contributed by atoms with Crippen molar-refractivity contribution in [2.45, 2.75) is 59.0 Å². The molecule has 1 aliphatic carbocycles. The monoisotopic (exact) mass is 371 g/mol. The van der Waals surface area contributed by atoms with E-state index in [1.54, 1.807) is 4.90 Å². The molecule has 1 fully saturated rings. The lowest BCUT2D eigenvalue weighted by molar-refractivity contribution is -0.132. The van der Waals surface area contributed by atoms with E-state index in [0.29, 0.717) is 43.8 Å². The molecule has 1 saturated carbocycles. The molecule has 8 nitrogen and oxygen atoms in total. The van der Waals surface area contributed by atoms with Crippen molar-refractivity contribution in [3.8, 4) is 0 Å². The van der Waals surface area contributed by atoms with Crippen molar-refractivity contribution in [3.05, 3.63) is 33.9 Å². The molecule has 3 heterocycles. The van der Waals surface area contributed by atoms with E-state index in [1.807, 2.05) is 18.5 Å². The van der Waals surface area contributed by atoms with Crippen molar-refractivity contribution in [1.29, 1.82) is 0 Å². The third kappa shape index (κ3) is 3.48. The summed E-state index contributed by atoms with van der Waals surface area (Å²) >= 11 is 0. The van der Waals surface area contributed by atoms with Gasteiger partial charge in [0.05, 0.1) is 5.69 Å². The van der Waals surface area contributed by atoms with Crippen molar-refractivity contribution < 1.29 is 14.7 Å². The molecule has 144 valence electrons. The number of carboxylic acids is 1. The quantitative estimate of drug-likeness (QED) is 0.806. The fourth-order valence-electron chi connectivity index (χ4n) is 3.73. The Morgan fingerprint density at radius 1 is 1.30 bits per heavy atom. The van der Waals surface area contributed by atoms with E-state index >= 15 is 0 Å². The Kier molecular flexibility index (Phi) is 4.49. The zero-order chi connectivity index (χ0) is 19.1. The molecule has 0 unspecified atom stereocenters. The van der Waals surface area contributed by atoms with Gasteiger partial charge in [-0.1, -0.05) is 0 Å². The summed E-state index contributed by atoms with van der Waals surface area (Å²) in [6.45, 7) is 5.70. The van der Waals surface area contributed by atoms with Crippen LogP contribution in [-0.4, -0.2) is 48.4 Å². The fraction of sp³-hybridized carbons (Fsp3) is 0.579. The van der Waals surface area contributed by atoms with Gasteiger partial charge in [-0.05, 0) is 38.2 Å². The lowest BCUT2D eigenvalue weighted by Crippen LogP contribution is -2.37. The number of aryl methyl sites for hydroxylation is 2. The number of rotatable bonds is 6. The van der Waals surface area contributed by atoms with Crippen LogP contribution in [0.4, 0.5) is 0 Å². The topological polar surface area (TPSA) is 104 Å². The summed E-state index contributed by atoms with van der Waals surface area (Å²) in [7, 11) is 0. The molecular weight excluding hydrogens is 346 g/mol. The summed E-state index contributed by atoms with van der Waals surface area (Å²) in [5.74, 6) is -0.361. The van der Waals surface area contributed by atoms with Crippen LogP contribution in [0.5, 0.6) is 0 Å². The molecule has 8 heteroatoms. The van der Waals surface area contributed by atoms with Crippen LogP contribution in [0.2, 0.25) is 0 Å². The van der Waals surface area contributed by atoms with E-state index in [1.165, 1.54) is 12.8 Å². The molecule has 4 rings (SSSR count). The van der Waals surface area contributed by atoms with Gasteiger partial charge in [-0.2, -0.15) is 10.2 Å². The summed E-state index contributed by atoms with van der Waals surface area (Å²) in [4.78, 5) is 26.1. The molecule has 0 atom stereocenters. The number of nitrogens with zero attached hydrogens (tertiary/aromatic N) is 4. The minimum atomic E-state index is -1.02. The molecule has 0 aromatic carbocycles. The van der Waals surface area contributed by atoms with Gasteiger partial charge in [0.1, 0.15) is 0 Å². The lowest BCUT2D eigenvalue weighted by Gasteiger charge is -2.28. The number of aromatic carboxylic acids is 1. The van der Waals surface area contributed by atoms with E-state index < -0.39 is 5.97 Å². The molecule has 2 N–H and O–H groups in total. The largest absolute Gasteiger partial charge is 0.476 e. The average molecular weight is 371 g/mol. The standard InChI is InChI=1S/C19H25N5O3/c1-11-12(2)20-21-15(11)5-6-17(25)23-8-7-16-14(10-23)18(19(26)27)22-24(16)9-13-3-4-13/h13H,3-10H2,1-2H3,(H,20,21)(H,26,27). The second kappa shape index (κ2) is 6.83. The zero-order valence-electron chi connectivity index (χ0n) is 15.8. The van der Waals surface area contributed by atoms with Crippen molar-refractivity contribution in [1.82, 2.24) is 24.9 Å². The Morgan fingerprint density at radius 3 is 2.70 bits per heavy atom. The number of carbonyl (C=O) groups is 2. The van der Waals surface area contributed by atoms with Gasteiger partial charge in [0.25, 0.3) is 0 Å². The molecule has 2 aromatic heterocycles. The van der Waals surface area contributed by atoms with E-state index in [2.05, 4.69) is 15.3 Å². The van der Waals surface area contributed by atoms with E-state index in [-0.39, 0.29) is 11.6 Å². The molecule has 27 heavy (non-hydrogen) atoms. The number of hydrogen-bond donors (Lipinski definition) is 2. The highest BCUT2D eigenvalue weighted by Gasteiger charge is 2.32. The van der Waals surface area contributed by atoms with Crippen molar-refractivity contribution >= 4 is 11.9 Å². The average Bonchev–Trinajstić information content (AvgIpc) is 3.31. The summed E-state index contributed by atoms with van der Waals surface area (Å²) in [5, 5.41) is 21.1. The molecule has 0 spiro atoms. The van der Waals surface area contributed by atoms with Crippen LogP contribution in [0.3, 0.4) is 0 Å². The zero-order valence-corrected chi connectivity index (χ0v) is 15.8. The maximum atomic E-state index is 12.7.